The van der Waals surface area contributed by atoms with Crippen LogP contribution in [0.3, 0.4) is 0 Å². The van der Waals surface area contributed by atoms with Crippen LogP contribution in [0.4, 0.5) is 4.79 Å². The standard InChI is InChI=1S/C15H23NO4/c1-3-5-13-6-4-7-14(12-13)20-15(17)16-8-9-19-11-10-18-2/h4,6-7,12H,3,5,8-11H2,1-2H3,(H,16,17). The first-order valence-corrected chi connectivity index (χ1v) is 6.87. The smallest absolute Gasteiger partial charge is 0.410 e. The van der Waals surface area contributed by atoms with Crippen molar-refractivity contribution in [3.05, 3.63) is 29.8 Å². The molecule has 0 saturated carbocycles. The highest BCUT2D eigenvalue weighted by Gasteiger charge is 2.04. The molecule has 5 heteroatoms. The fourth-order valence-corrected chi connectivity index (χ4v) is 1.67. The zero-order valence-corrected chi connectivity index (χ0v) is 12.2. The van der Waals surface area contributed by atoms with Crippen molar-refractivity contribution in [1.82, 2.24) is 5.32 Å². The number of hydrogen-bond donors (Lipinski definition) is 1. The first-order chi connectivity index (χ1) is 9.76. The zero-order chi connectivity index (χ0) is 14.6. The Balaban J connectivity index is 2.23. The van der Waals surface area contributed by atoms with Gasteiger partial charge in [0.05, 0.1) is 19.8 Å². The number of carbonyl (C=O) groups is 1. The maximum Gasteiger partial charge on any atom is 0.412 e. The molecule has 0 aliphatic carbocycles. The van der Waals surface area contributed by atoms with E-state index in [0.29, 0.717) is 32.1 Å². The first kappa shape index (κ1) is 16.5. The molecule has 0 aliphatic heterocycles. The van der Waals surface area contributed by atoms with Crippen LogP contribution in [0.2, 0.25) is 0 Å². The van der Waals surface area contributed by atoms with Crippen LogP contribution in [0.5, 0.6) is 5.75 Å². The van der Waals surface area contributed by atoms with E-state index in [0.717, 1.165) is 12.8 Å². The van der Waals surface area contributed by atoms with Crippen molar-refractivity contribution >= 4 is 6.09 Å². The van der Waals surface area contributed by atoms with Crippen LogP contribution in [-0.4, -0.2) is 39.6 Å². The first-order valence-electron chi connectivity index (χ1n) is 6.87. The van der Waals surface area contributed by atoms with Crippen molar-refractivity contribution in [1.29, 1.82) is 0 Å². The molecule has 1 N–H and O–H groups in total. The molecule has 1 aromatic carbocycles. The second kappa shape index (κ2) is 10.2. The van der Waals surface area contributed by atoms with E-state index in [9.17, 15) is 4.79 Å². The van der Waals surface area contributed by atoms with E-state index in [4.69, 9.17) is 14.2 Å². The van der Waals surface area contributed by atoms with E-state index in [1.54, 1.807) is 13.2 Å². The van der Waals surface area contributed by atoms with Crippen LogP contribution < -0.4 is 10.1 Å². The Morgan fingerprint density at radius 1 is 1.25 bits per heavy atom. The van der Waals surface area contributed by atoms with Crippen molar-refractivity contribution in [3.63, 3.8) is 0 Å². The second-order valence-electron chi connectivity index (χ2n) is 4.32. The minimum absolute atomic E-state index is 0.414. The van der Waals surface area contributed by atoms with Crippen LogP contribution in [0, 0.1) is 0 Å². The molecule has 0 bridgehead atoms. The van der Waals surface area contributed by atoms with Crippen LogP contribution in [0.1, 0.15) is 18.9 Å². The van der Waals surface area contributed by atoms with E-state index >= 15 is 0 Å². The number of hydrogen-bond acceptors (Lipinski definition) is 4. The van der Waals surface area contributed by atoms with Crippen molar-refractivity contribution in [2.45, 2.75) is 19.8 Å². The normalized spacial score (nSPS) is 10.3. The van der Waals surface area contributed by atoms with Gasteiger partial charge in [0.2, 0.25) is 0 Å². The van der Waals surface area contributed by atoms with Gasteiger partial charge in [0.1, 0.15) is 5.75 Å². The topological polar surface area (TPSA) is 56.8 Å². The molecule has 0 unspecified atom stereocenters. The summed E-state index contributed by atoms with van der Waals surface area (Å²) in [6.45, 7) is 4.04. The van der Waals surface area contributed by atoms with Gasteiger partial charge in [0, 0.05) is 13.7 Å². The average molecular weight is 281 g/mol. The lowest BCUT2D eigenvalue weighted by Gasteiger charge is -2.08. The molecule has 1 amide bonds. The molecule has 5 nitrogen and oxygen atoms in total. The Morgan fingerprint density at radius 2 is 2.10 bits per heavy atom. The molecule has 1 aromatic rings. The van der Waals surface area contributed by atoms with E-state index in [1.165, 1.54) is 5.56 Å². The number of rotatable bonds is 9. The minimum Gasteiger partial charge on any atom is -0.410 e. The summed E-state index contributed by atoms with van der Waals surface area (Å²) in [6, 6.07) is 7.57. The van der Waals surface area contributed by atoms with Gasteiger partial charge in [-0.1, -0.05) is 25.5 Å². The third-order valence-electron chi connectivity index (χ3n) is 2.60. The lowest BCUT2D eigenvalue weighted by Crippen LogP contribution is -2.30. The van der Waals surface area contributed by atoms with Crippen LogP contribution in [0.15, 0.2) is 24.3 Å². The van der Waals surface area contributed by atoms with Gasteiger partial charge in [0.15, 0.2) is 0 Å². The Kier molecular flexibility index (Phi) is 8.42. The molecule has 0 saturated heterocycles. The predicted octanol–water partition coefficient (Wildman–Crippen LogP) is 2.39. The number of carbonyl (C=O) groups excluding carboxylic acids is 1. The Labute approximate surface area is 120 Å². The number of methoxy groups -OCH3 is 1. The number of amides is 1. The molecular weight excluding hydrogens is 258 g/mol. The fourth-order valence-electron chi connectivity index (χ4n) is 1.67. The lowest BCUT2D eigenvalue weighted by atomic mass is 10.1. The van der Waals surface area contributed by atoms with Crippen molar-refractivity contribution in [2.75, 3.05) is 33.5 Å². The van der Waals surface area contributed by atoms with Gasteiger partial charge in [-0.05, 0) is 24.1 Å². The summed E-state index contributed by atoms with van der Waals surface area (Å²) in [5.74, 6) is 0.564. The Bertz CT molecular complexity index is 395. The Morgan fingerprint density at radius 3 is 2.85 bits per heavy atom. The van der Waals surface area contributed by atoms with Gasteiger partial charge in [-0.2, -0.15) is 0 Å². The van der Waals surface area contributed by atoms with Gasteiger partial charge in [-0.3, -0.25) is 0 Å². The molecule has 20 heavy (non-hydrogen) atoms. The molecule has 1 rings (SSSR count). The third-order valence-corrected chi connectivity index (χ3v) is 2.60. The van der Waals surface area contributed by atoms with Gasteiger partial charge in [-0.25, -0.2) is 4.79 Å². The van der Waals surface area contributed by atoms with Crippen LogP contribution in [0.25, 0.3) is 0 Å². The molecule has 0 radical (unpaired) electrons. The van der Waals surface area contributed by atoms with Crippen LogP contribution >= 0.6 is 0 Å². The molecule has 0 atom stereocenters. The Hall–Kier alpha value is -1.59. The minimum atomic E-state index is -0.464. The van der Waals surface area contributed by atoms with Gasteiger partial charge >= 0.3 is 6.09 Å². The SMILES string of the molecule is CCCc1cccc(OC(=O)NCCOCCOC)c1. The monoisotopic (exact) mass is 281 g/mol. The highest BCUT2D eigenvalue weighted by atomic mass is 16.6. The third kappa shape index (κ3) is 7.11. The maximum absolute atomic E-state index is 11.6. The summed E-state index contributed by atoms with van der Waals surface area (Å²) < 4.78 is 15.3. The van der Waals surface area contributed by atoms with Crippen molar-refractivity contribution in [3.8, 4) is 5.75 Å². The quantitative estimate of drug-likeness (QED) is 0.706. The summed E-state index contributed by atoms with van der Waals surface area (Å²) in [7, 11) is 1.62. The number of aryl methyl sites for hydroxylation is 1. The summed E-state index contributed by atoms with van der Waals surface area (Å²) >= 11 is 0. The van der Waals surface area contributed by atoms with Gasteiger partial charge < -0.3 is 19.5 Å². The molecule has 0 aromatic heterocycles. The summed E-state index contributed by atoms with van der Waals surface area (Å²) in [5.41, 5.74) is 1.17. The highest BCUT2D eigenvalue weighted by Crippen LogP contribution is 2.14. The lowest BCUT2D eigenvalue weighted by molar-refractivity contribution is 0.0719. The second-order valence-corrected chi connectivity index (χ2v) is 4.32. The summed E-state index contributed by atoms with van der Waals surface area (Å²) in [5, 5.41) is 2.63. The largest absolute Gasteiger partial charge is 0.412 e. The van der Waals surface area contributed by atoms with E-state index in [1.807, 2.05) is 18.2 Å². The maximum atomic E-state index is 11.6. The van der Waals surface area contributed by atoms with Crippen LogP contribution in [-0.2, 0) is 15.9 Å². The molecule has 0 fully saturated rings. The molecular formula is C15H23NO4. The summed E-state index contributed by atoms with van der Waals surface area (Å²) in [6.07, 6.45) is 1.58. The average Bonchev–Trinajstić information content (AvgIpc) is 2.43. The van der Waals surface area contributed by atoms with Crippen molar-refractivity contribution < 1.29 is 19.0 Å². The molecule has 0 spiro atoms. The van der Waals surface area contributed by atoms with E-state index < -0.39 is 6.09 Å². The van der Waals surface area contributed by atoms with Gasteiger partial charge in [0.25, 0.3) is 0 Å². The van der Waals surface area contributed by atoms with E-state index in [2.05, 4.69) is 12.2 Å². The fraction of sp³-hybridized carbons (Fsp3) is 0.533. The number of ether oxygens (including phenoxy) is 3. The predicted molar refractivity (Wildman–Crippen MR) is 77.2 cm³/mol. The molecule has 0 aliphatic rings. The molecule has 0 heterocycles. The summed E-state index contributed by atoms with van der Waals surface area (Å²) in [4.78, 5) is 11.6. The number of nitrogens with one attached hydrogen (secondary N) is 1. The van der Waals surface area contributed by atoms with Gasteiger partial charge in [-0.15, -0.1) is 0 Å². The highest BCUT2D eigenvalue weighted by molar-refractivity contribution is 5.70. The zero-order valence-electron chi connectivity index (χ0n) is 12.2. The van der Waals surface area contributed by atoms with Crippen molar-refractivity contribution in [2.24, 2.45) is 0 Å². The molecule has 112 valence electrons. The number of benzene rings is 1. The van der Waals surface area contributed by atoms with E-state index in [-0.39, 0.29) is 0 Å².